The van der Waals surface area contributed by atoms with Crippen molar-refractivity contribution in [3.63, 3.8) is 0 Å². The van der Waals surface area contributed by atoms with E-state index in [0.717, 1.165) is 6.54 Å². The second-order valence-electron chi connectivity index (χ2n) is 4.27. The second kappa shape index (κ2) is 8.39. The molecule has 0 saturated heterocycles. The molecule has 7 nitrogen and oxygen atoms in total. The van der Waals surface area contributed by atoms with Crippen LogP contribution in [0, 0.1) is 0 Å². The Kier molecular flexibility index (Phi) is 6.76. The molecule has 0 aliphatic heterocycles. The summed E-state index contributed by atoms with van der Waals surface area (Å²) in [5.74, 6) is 0.326. The molecule has 0 aliphatic carbocycles. The van der Waals surface area contributed by atoms with Gasteiger partial charge in [-0.15, -0.1) is 0 Å². The van der Waals surface area contributed by atoms with Crippen molar-refractivity contribution in [1.82, 2.24) is 20.2 Å². The Hall–Kier alpha value is -1.73. The zero-order valence-corrected chi connectivity index (χ0v) is 11.6. The number of carbonyl (C=O) groups is 1. The summed E-state index contributed by atoms with van der Waals surface area (Å²) in [7, 11) is 5.54. The highest BCUT2D eigenvalue weighted by Crippen LogP contribution is 1.99. The first-order chi connectivity index (χ1) is 9.13. The maximum atomic E-state index is 11.7. The van der Waals surface area contributed by atoms with Crippen molar-refractivity contribution in [2.45, 2.75) is 0 Å². The van der Waals surface area contributed by atoms with Crippen molar-refractivity contribution in [1.29, 1.82) is 0 Å². The van der Waals surface area contributed by atoms with E-state index < -0.39 is 0 Å². The Bertz CT molecular complexity index is 380. The van der Waals surface area contributed by atoms with Crippen LogP contribution in [-0.2, 0) is 4.74 Å². The van der Waals surface area contributed by atoms with Crippen molar-refractivity contribution in [2.24, 2.45) is 0 Å². The summed E-state index contributed by atoms with van der Waals surface area (Å²) in [4.78, 5) is 21.9. The van der Waals surface area contributed by atoms with Crippen LogP contribution in [0.15, 0.2) is 12.4 Å². The largest absolute Gasteiger partial charge is 0.383 e. The first-order valence-corrected chi connectivity index (χ1v) is 6.11. The maximum absolute atomic E-state index is 11.7. The van der Waals surface area contributed by atoms with Crippen LogP contribution in [0.1, 0.15) is 10.4 Å². The molecule has 19 heavy (non-hydrogen) atoms. The second-order valence-corrected chi connectivity index (χ2v) is 4.27. The van der Waals surface area contributed by atoms with Crippen LogP contribution in [0.25, 0.3) is 0 Å². The minimum absolute atomic E-state index is 0.162. The molecule has 0 saturated carbocycles. The van der Waals surface area contributed by atoms with E-state index in [2.05, 4.69) is 20.6 Å². The Morgan fingerprint density at radius 2 is 2.00 bits per heavy atom. The van der Waals surface area contributed by atoms with Gasteiger partial charge in [-0.05, 0) is 14.1 Å². The lowest BCUT2D eigenvalue weighted by Gasteiger charge is -2.10. The van der Waals surface area contributed by atoms with Gasteiger partial charge < -0.3 is 20.3 Å². The lowest BCUT2D eigenvalue weighted by atomic mass is 10.3. The number of amides is 1. The standard InChI is InChI=1S/C12H21N5O2/c1-17(2)6-4-13-11(18)10-8-15-12(16-9-10)14-5-7-19-3/h8-9H,4-7H2,1-3H3,(H,13,18)(H,14,15,16). The van der Waals surface area contributed by atoms with E-state index >= 15 is 0 Å². The van der Waals surface area contributed by atoms with Crippen LogP contribution in [0.5, 0.6) is 0 Å². The number of methoxy groups -OCH3 is 1. The van der Waals surface area contributed by atoms with Crippen LogP contribution in [0.3, 0.4) is 0 Å². The lowest BCUT2D eigenvalue weighted by Crippen LogP contribution is -2.31. The summed E-state index contributed by atoms with van der Waals surface area (Å²) >= 11 is 0. The molecule has 0 unspecified atom stereocenters. The fraction of sp³-hybridized carbons (Fsp3) is 0.583. The molecule has 0 fully saturated rings. The fourth-order valence-corrected chi connectivity index (χ4v) is 1.30. The van der Waals surface area contributed by atoms with Gasteiger partial charge >= 0.3 is 0 Å². The van der Waals surface area contributed by atoms with Gasteiger partial charge in [0.2, 0.25) is 5.95 Å². The highest BCUT2D eigenvalue weighted by Gasteiger charge is 2.06. The summed E-state index contributed by atoms with van der Waals surface area (Å²) in [6, 6.07) is 0. The van der Waals surface area contributed by atoms with Crippen molar-refractivity contribution in [3.8, 4) is 0 Å². The highest BCUT2D eigenvalue weighted by atomic mass is 16.5. The molecule has 2 N–H and O–H groups in total. The zero-order valence-electron chi connectivity index (χ0n) is 11.6. The Morgan fingerprint density at radius 1 is 1.32 bits per heavy atom. The third kappa shape index (κ3) is 6.12. The van der Waals surface area contributed by atoms with E-state index in [4.69, 9.17) is 4.74 Å². The van der Waals surface area contributed by atoms with Gasteiger partial charge in [0.05, 0.1) is 12.2 Å². The number of nitrogens with one attached hydrogen (secondary N) is 2. The van der Waals surface area contributed by atoms with Crippen molar-refractivity contribution >= 4 is 11.9 Å². The fourth-order valence-electron chi connectivity index (χ4n) is 1.30. The molecule has 0 aliphatic rings. The van der Waals surface area contributed by atoms with Crippen molar-refractivity contribution in [3.05, 3.63) is 18.0 Å². The summed E-state index contributed by atoms with van der Waals surface area (Å²) in [5, 5.41) is 5.79. The third-order valence-electron chi connectivity index (χ3n) is 2.35. The first-order valence-electron chi connectivity index (χ1n) is 6.11. The van der Waals surface area contributed by atoms with Gasteiger partial charge in [0.25, 0.3) is 5.91 Å². The van der Waals surface area contributed by atoms with E-state index in [1.165, 1.54) is 12.4 Å². The normalized spacial score (nSPS) is 10.5. The molecule has 1 aromatic heterocycles. The zero-order chi connectivity index (χ0) is 14.1. The molecule has 0 atom stereocenters. The predicted octanol–water partition coefficient (Wildman–Crippen LogP) is -0.174. The van der Waals surface area contributed by atoms with Gasteiger partial charge in [0.15, 0.2) is 0 Å². The van der Waals surface area contributed by atoms with Crippen LogP contribution in [-0.4, -0.2) is 68.2 Å². The number of carbonyl (C=O) groups excluding carboxylic acids is 1. The molecule has 7 heteroatoms. The van der Waals surface area contributed by atoms with Gasteiger partial charge in [-0.1, -0.05) is 0 Å². The van der Waals surface area contributed by atoms with Crippen LogP contribution in [0.2, 0.25) is 0 Å². The monoisotopic (exact) mass is 267 g/mol. The van der Waals surface area contributed by atoms with Gasteiger partial charge in [-0.25, -0.2) is 9.97 Å². The molecule has 0 bridgehead atoms. The molecule has 106 valence electrons. The van der Waals surface area contributed by atoms with Gasteiger partial charge in [0, 0.05) is 39.1 Å². The number of nitrogens with zero attached hydrogens (tertiary/aromatic N) is 3. The number of likely N-dealkylation sites (N-methyl/N-ethyl adjacent to an activating group) is 1. The minimum atomic E-state index is -0.162. The molecule has 1 aromatic rings. The van der Waals surface area contributed by atoms with E-state index in [1.807, 2.05) is 19.0 Å². The van der Waals surface area contributed by atoms with Crippen LogP contribution < -0.4 is 10.6 Å². The highest BCUT2D eigenvalue weighted by molar-refractivity contribution is 5.93. The molecule has 1 amide bonds. The number of rotatable bonds is 8. The average Bonchev–Trinajstić information content (AvgIpc) is 2.39. The smallest absolute Gasteiger partial charge is 0.254 e. The van der Waals surface area contributed by atoms with E-state index in [1.54, 1.807) is 7.11 Å². The summed E-state index contributed by atoms with van der Waals surface area (Å²) in [5.41, 5.74) is 0.455. The molecular formula is C12H21N5O2. The van der Waals surface area contributed by atoms with E-state index in [0.29, 0.717) is 31.2 Å². The van der Waals surface area contributed by atoms with Gasteiger partial charge in [-0.3, -0.25) is 4.79 Å². The maximum Gasteiger partial charge on any atom is 0.254 e. The first kappa shape index (κ1) is 15.3. The van der Waals surface area contributed by atoms with Crippen molar-refractivity contribution in [2.75, 3.05) is 52.8 Å². The average molecular weight is 267 g/mol. The number of ether oxygens (including phenoxy) is 1. The molecular weight excluding hydrogens is 246 g/mol. The minimum Gasteiger partial charge on any atom is -0.383 e. The molecule has 0 radical (unpaired) electrons. The van der Waals surface area contributed by atoms with E-state index in [9.17, 15) is 4.79 Å². The number of aromatic nitrogens is 2. The predicted molar refractivity (Wildman–Crippen MR) is 73.3 cm³/mol. The quantitative estimate of drug-likeness (QED) is 0.636. The summed E-state index contributed by atoms with van der Waals surface area (Å²) < 4.78 is 4.90. The Balaban J connectivity index is 2.39. The van der Waals surface area contributed by atoms with E-state index in [-0.39, 0.29) is 5.91 Å². The number of hydrogen-bond donors (Lipinski definition) is 2. The third-order valence-corrected chi connectivity index (χ3v) is 2.35. The number of hydrogen-bond acceptors (Lipinski definition) is 6. The molecule has 0 spiro atoms. The molecule has 1 rings (SSSR count). The summed E-state index contributed by atoms with van der Waals surface area (Å²) in [6.07, 6.45) is 3.01. The van der Waals surface area contributed by atoms with Gasteiger partial charge in [0.1, 0.15) is 0 Å². The molecule has 1 heterocycles. The van der Waals surface area contributed by atoms with Crippen LogP contribution in [0.4, 0.5) is 5.95 Å². The Labute approximate surface area is 113 Å². The summed E-state index contributed by atoms with van der Waals surface area (Å²) in [6.45, 7) is 2.60. The number of anilines is 1. The molecule has 0 aromatic carbocycles. The van der Waals surface area contributed by atoms with Crippen molar-refractivity contribution < 1.29 is 9.53 Å². The Morgan fingerprint density at radius 3 is 2.58 bits per heavy atom. The van der Waals surface area contributed by atoms with Gasteiger partial charge in [-0.2, -0.15) is 0 Å². The SMILES string of the molecule is COCCNc1ncc(C(=O)NCCN(C)C)cn1. The lowest BCUT2D eigenvalue weighted by molar-refractivity contribution is 0.0950. The topological polar surface area (TPSA) is 79.4 Å². The van der Waals surface area contributed by atoms with Crippen LogP contribution >= 0.6 is 0 Å².